The molecule has 13 rings (SSSR count). The summed E-state index contributed by atoms with van der Waals surface area (Å²) in [4.78, 5) is 95.7. The minimum atomic E-state index is -1.32. The molecular weight excluding hydrogens is 1340 g/mol. The van der Waals surface area contributed by atoms with Crippen molar-refractivity contribution in [3.8, 4) is 11.5 Å². The summed E-state index contributed by atoms with van der Waals surface area (Å²) in [5.74, 6) is -0.169. The fraction of sp³-hybridized carbons (Fsp3) is 0.474. The van der Waals surface area contributed by atoms with Gasteiger partial charge in [-0.1, -0.05) is 37.5 Å². The predicted molar refractivity (Wildman–Crippen MR) is 400 cm³/mol. The highest BCUT2D eigenvalue weighted by molar-refractivity contribution is 7.21. The maximum atomic E-state index is 13.8. The molecule has 0 spiro atoms. The van der Waals surface area contributed by atoms with Crippen molar-refractivity contribution in [3.63, 3.8) is 0 Å². The molecular formula is C76H97N19O8S. The Kier molecular flexibility index (Phi) is 22.3. The van der Waals surface area contributed by atoms with E-state index in [1.807, 2.05) is 63.5 Å². The number of benzene rings is 3. The average Bonchev–Trinajstić information content (AvgIpc) is 1.62. The fourth-order valence-corrected chi connectivity index (χ4v) is 16.8. The number of carbonyl (C=O) groups is 5. The number of primary amides is 2. The number of thiophene rings is 1. The maximum absolute atomic E-state index is 13.8. The molecule has 2 bridgehead atoms. The van der Waals surface area contributed by atoms with Gasteiger partial charge in [-0.25, -0.2) is 9.98 Å². The zero-order valence-electron chi connectivity index (χ0n) is 60.4. The van der Waals surface area contributed by atoms with Crippen molar-refractivity contribution in [2.45, 2.75) is 144 Å². The first kappa shape index (κ1) is 72.5. The molecule has 8 heterocycles. The number of piperidine rings is 1. The number of hydrogen-bond donors (Lipinski definition) is 8. The number of carbonyl (C=O) groups excluding carboxylic acids is 5. The van der Waals surface area contributed by atoms with Gasteiger partial charge in [0.2, 0.25) is 29.0 Å². The predicted octanol–water partition coefficient (Wildman–Crippen LogP) is 7.50. The number of aromatic nitrogens is 9. The number of ether oxygens (including phenoxy) is 2. The molecule has 2 aliphatic carbocycles. The molecule has 4 aliphatic rings. The van der Waals surface area contributed by atoms with Crippen molar-refractivity contribution < 1.29 is 38.6 Å². The van der Waals surface area contributed by atoms with Gasteiger partial charge >= 0.3 is 0 Å². The highest BCUT2D eigenvalue weighted by atomic mass is 32.1. The quantitative estimate of drug-likeness (QED) is 0.0166. The van der Waals surface area contributed by atoms with Gasteiger partial charge < -0.3 is 76.2 Å². The second-order valence-corrected chi connectivity index (χ2v) is 29.2. The van der Waals surface area contributed by atoms with Gasteiger partial charge in [0.05, 0.1) is 47.5 Å². The number of H-pyrrole nitrogens is 2. The van der Waals surface area contributed by atoms with E-state index in [1.165, 1.54) is 35.3 Å². The average molecular weight is 1440 g/mol. The lowest BCUT2D eigenvalue weighted by atomic mass is 9.83. The smallest absolute Gasteiger partial charge is 0.298 e. The monoisotopic (exact) mass is 1440 g/mol. The van der Waals surface area contributed by atoms with E-state index in [9.17, 15) is 29.1 Å². The van der Waals surface area contributed by atoms with E-state index in [0.717, 1.165) is 151 Å². The number of aliphatic hydroxyl groups is 1. The molecule has 6 aromatic heterocycles. The lowest BCUT2D eigenvalue weighted by Crippen LogP contribution is -2.48. The molecule has 1 saturated carbocycles. The number of amides is 5. The van der Waals surface area contributed by atoms with Gasteiger partial charge in [0.15, 0.2) is 6.23 Å². The molecule has 3 aromatic carbocycles. The summed E-state index contributed by atoms with van der Waals surface area (Å²) in [7, 11) is 1.48. The molecule has 5 atom stereocenters. The summed E-state index contributed by atoms with van der Waals surface area (Å²) < 4.78 is 19.3. The summed E-state index contributed by atoms with van der Waals surface area (Å²) in [6, 6.07) is 20.7. The molecule has 2 aliphatic heterocycles. The number of anilines is 2. The van der Waals surface area contributed by atoms with Crippen LogP contribution >= 0.6 is 11.3 Å². The van der Waals surface area contributed by atoms with Crippen LogP contribution in [-0.2, 0) is 43.8 Å². The molecule has 11 N–H and O–H groups in total. The standard InChI is InChI=1S/C76H97N19O8S/c1-7-94-59(35-46(4)87-94)70(98)85-75-83-57-39-52(68(78)96)41-61(102-6)65(57)92(75)28-14-15-29-93-66-58(84-76(93)86-71(99)60-36-47(5)88-95(60)8-2)40-53(69(79)97)42-62(66)103-34-16-27-90-32-30-89(31-33-90)26-13-11-9-10-12-25-80-72(100)63-50-18-19-51(63)44-91(43-50)55-23-21-48-37-54(22-20-49(48)38-55)82-73(101)67-64(77)56-24-17-45(3)81-74(56)104-67/h14-15,17,21,23-24,35-36,38-42,50-51,54,63,71,99H,7-13,16,18-20,22,25-34,37,43-44,77H2,1-6H3,(H2,78,96)(H2,79,97)(H,80,100)(H,82,101)(H,84,86)(H,83,85,98)/b15-14+/t50-,51+,54-,63?,71?/m0/s1. The number of aliphatic hydroxyl groups excluding tert-OH is 1. The minimum absolute atomic E-state index is 0.0389. The van der Waals surface area contributed by atoms with Gasteiger partial charge in [-0.3, -0.25) is 33.3 Å². The maximum Gasteiger partial charge on any atom is 0.298 e. The topological polar surface area (TPSA) is 351 Å². The third-order valence-electron chi connectivity index (χ3n) is 21.1. The van der Waals surface area contributed by atoms with Crippen molar-refractivity contribution in [1.82, 2.24) is 64.1 Å². The number of imidazole rings is 2. The van der Waals surface area contributed by atoms with Crippen molar-refractivity contribution in [2.24, 2.45) is 39.2 Å². The van der Waals surface area contributed by atoms with Crippen molar-refractivity contribution in [3.05, 3.63) is 146 Å². The number of rotatable bonds is 29. The number of piperazine rings is 1. The fourth-order valence-electron chi connectivity index (χ4n) is 15.8. The molecule has 104 heavy (non-hydrogen) atoms. The lowest BCUT2D eigenvalue weighted by Gasteiger charge is -2.39. The number of nitrogens with zero attached hydrogens (tertiary/aromatic N) is 12. The van der Waals surface area contributed by atoms with Crippen LogP contribution in [0.2, 0.25) is 0 Å². The van der Waals surface area contributed by atoms with Crippen LogP contribution in [0.1, 0.15) is 153 Å². The number of hydrogen-bond acceptors (Lipinski definition) is 17. The normalized spacial score (nSPS) is 18.5. The minimum Gasteiger partial charge on any atom is -0.494 e. The van der Waals surface area contributed by atoms with Crippen LogP contribution in [0.15, 0.2) is 88.9 Å². The van der Waals surface area contributed by atoms with Gasteiger partial charge in [0.1, 0.15) is 37.9 Å². The van der Waals surface area contributed by atoms with E-state index in [2.05, 4.69) is 73.7 Å². The van der Waals surface area contributed by atoms with Gasteiger partial charge in [0, 0.05) is 118 Å². The van der Waals surface area contributed by atoms with Crippen LogP contribution in [-0.4, -0.2) is 167 Å². The summed E-state index contributed by atoms with van der Waals surface area (Å²) in [6.45, 7) is 19.4. The number of nitrogen functional groups attached to an aromatic ring is 1. The van der Waals surface area contributed by atoms with E-state index in [0.29, 0.717) is 92.7 Å². The van der Waals surface area contributed by atoms with Gasteiger partial charge in [0.25, 0.3) is 11.8 Å². The van der Waals surface area contributed by atoms with Crippen LogP contribution in [0.4, 0.5) is 11.4 Å². The first-order valence-electron chi connectivity index (χ1n) is 36.7. The molecule has 9 aromatic rings. The van der Waals surface area contributed by atoms with Gasteiger partial charge in [-0.15, -0.1) is 11.3 Å². The Hall–Kier alpha value is -9.90. The molecule has 2 unspecified atom stereocenters. The summed E-state index contributed by atoms with van der Waals surface area (Å²) in [5, 5.41) is 28.1. The van der Waals surface area contributed by atoms with Crippen LogP contribution in [0.5, 0.6) is 11.5 Å². The number of methoxy groups -OCH3 is 1. The third kappa shape index (κ3) is 15.9. The number of aromatic amines is 2. The second kappa shape index (κ2) is 32.0. The Balaban J connectivity index is 0.569. The molecule has 0 radical (unpaired) electrons. The van der Waals surface area contributed by atoms with Gasteiger partial charge in [-0.05, 0) is 176 Å². The largest absolute Gasteiger partial charge is 0.494 e. The first-order chi connectivity index (χ1) is 50.3. The van der Waals surface area contributed by atoms with Crippen LogP contribution in [0.25, 0.3) is 32.3 Å². The SMILES string of the molecule is CCn1nc(C)cc1C(=O)/N=c1/[nH]c2cc(C(N)=O)cc(OC)c2n1C/C=C/Cn1/c(=N\C(O)c2cc(C)nn2CC)[nH]c2cc(C(N)=O)cc(OCCCN3CCN(CCCCCCCNC(=O)C4[C@@H]5CC[C@H]4CN(c4ccc6c(c4)CC[C@H](NC(=O)c4sc7nc(C)ccc7c4N)C6)C5)CC3)c21. The molecule has 28 heteroatoms. The molecule has 27 nitrogen and oxygen atoms in total. The second-order valence-electron chi connectivity index (χ2n) is 28.2. The number of fused-ring (bicyclic) bond motifs is 6. The molecule has 550 valence electrons. The van der Waals surface area contributed by atoms with Crippen molar-refractivity contribution in [2.75, 3.05) is 83.3 Å². The van der Waals surface area contributed by atoms with Crippen molar-refractivity contribution in [1.29, 1.82) is 0 Å². The summed E-state index contributed by atoms with van der Waals surface area (Å²) >= 11 is 1.36. The Morgan fingerprint density at radius 1 is 0.731 bits per heavy atom. The first-order valence-corrected chi connectivity index (χ1v) is 37.5. The molecule has 3 fully saturated rings. The van der Waals surface area contributed by atoms with E-state index >= 15 is 0 Å². The number of nitrogens with one attached hydrogen (secondary N) is 4. The van der Waals surface area contributed by atoms with E-state index in [1.54, 1.807) is 50.3 Å². The van der Waals surface area contributed by atoms with Gasteiger partial charge in [-0.2, -0.15) is 15.2 Å². The zero-order valence-corrected chi connectivity index (χ0v) is 61.2. The van der Waals surface area contributed by atoms with Crippen LogP contribution in [0, 0.1) is 38.5 Å². The highest BCUT2D eigenvalue weighted by Crippen LogP contribution is 2.44. The van der Waals surface area contributed by atoms with Crippen LogP contribution < -0.4 is 53.4 Å². The highest BCUT2D eigenvalue weighted by Gasteiger charge is 2.46. The molecule has 2 saturated heterocycles. The number of aryl methyl sites for hydroxylation is 6. The Morgan fingerprint density at radius 2 is 1.37 bits per heavy atom. The zero-order chi connectivity index (χ0) is 72.9. The Bertz CT molecular complexity index is 4850. The van der Waals surface area contributed by atoms with E-state index < -0.39 is 23.9 Å². The summed E-state index contributed by atoms with van der Waals surface area (Å²) in [6.07, 6.45) is 13.5. The number of allylic oxidation sites excluding steroid dienone is 2. The third-order valence-corrected chi connectivity index (χ3v) is 22.2. The number of pyridine rings is 1. The lowest BCUT2D eigenvalue weighted by molar-refractivity contribution is -0.127. The number of unbranched alkanes of at least 4 members (excludes halogenated alkanes) is 4. The van der Waals surface area contributed by atoms with E-state index in [-0.39, 0.29) is 59.2 Å². The Morgan fingerprint density at radius 3 is 2.06 bits per heavy atom. The van der Waals surface area contributed by atoms with Crippen LogP contribution in [0.3, 0.4) is 0 Å². The Labute approximate surface area is 607 Å². The van der Waals surface area contributed by atoms with E-state index in [4.69, 9.17) is 31.7 Å². The summed E-state index contributed by atoms with van der Waals surface area (Å²) in [5.41, 5.74) is 28.6. The molecule has 5 amide bonds. The number of nitrogens with two attached hydrogens (primary N) is 3. The van der Waals surface area contributed by atoms with Crippen molar-refractivity contribution >= 4 is 84.5 Å².